The Kier molecular flexibility index (Phi) is 9.71. The largest absolute Gasteiger partial charge is 0.469 e. The van der Waals surface area contributed by atoms with Crippen LogP contribution in [0.3, 0.4) is 0 Å². The van der Waals surface area contributed by atoms with Crippen molar-refractivity contribution in [1.82, 2.24) is 0 Å². The van der Waals surface area contributed by atoms with Gasteiger partial charge in [-0.15, -0.1) is 0 Å². The van der Waals surface area contributed by atoms with Gasteiger partial charge in [0.05, 0.1) is 13.5 Å². The van der Waals surface area contributed by atoms with Crippen LogP contribution < -0.4 is 0 Å². The monoisotopic (exact) mass is 492 g/mol. The lowest BCUT2D eigenvalue weighted by Gasteiger charge is -2.39. The molecule has 0 aliphatic heterocycles. The number of halogens is 3. The summed E-state index contributed by atoms with van der Waals surface area (Å²) in [6, 6.07) is 6.52. The molecule has 0 spiro atoms. The normalized spacial score (nSPS) is 16.5. The SMILES string of the molecule is COC(=O)C[C@H](C[C@H](C)O[Si](C)(C)C(C)(C)C)OC(=O)[C@](OC)(c1ccccc1)C(F)(F)F. The zero-order valence-corrected chi connectivity index (χ0v) is 21.5. The number of carbonyl (C=O) groups is 2. The second-order valence-electron chi connectivity index (χ2n) is 9.48. The predicted octanol–water partition coefficient (Wildman–Crippen LogP) is 5.37. The predicted molar refractivity (Wildman–Crippen MR) is 120 cm³/mol. The summed E-state index contributed by atoms with van der Waals surface area (Å²) in [4.78, 5) is 24.9. The Bertz CT molecular complexity index is 792. The van der Waals surface area contributed by atoms with Crippen LogP contribution >= 0.6 is 0 Å². The Balaban J connectivity index is 3.25. The van der Waals surface area contributed by atoms with E-state index in [4.69, 9.17) is 13.9 Å². The topological polar surface area (TPSA) is 71.1 Å². The van der Waals surface area contributed by atoms with E-state index >= 15 is 0 Å². The minimum atomic E-state index is -5.11. The van der Waals surface area contributed by atoms with E-state index < -0.39 is 56.2 Å². The smallest absolute Gasteiger partial charge is 0.432 e. The molecular formula is C23H35F3O6Si. The average molecular weight is 493 g/mol. The molecule has 0 unspecified atom stereocenters. The lowest BCUT2D eigenvalue weighted by molar-refractivity contribution is -0.278. The molecule has 10 heteroatoms. The number of esters is 2. The molecule has 0 saturated heterocycles. The molecule has 6 nitrogen and oxygen atoms in total. The molecule has 1 aromatic rings. The Morgan fingerprint density at radius 2 is 1.58 bits per heavy atom. The van der Waals surface area contributed by atoms with Crippen LogP contribution in [-0.4, -0.2) is 52.9 Å². The fourth-order valence-electron chi connectivity index (χ4n) is 3.16. The van der Waals surface area contributed by atoms with Gasteiger partial charge in [-0.2, -0.15) is 13.2 Å². The Morgan fingerprint density at radius 3 is 2.00 bits per heavy atom. The molecule has 0 N–H and O–H groups in total. The molecule has 0 fully saturated rings. The molecule has 0 aliphatic rings. The summed E-state index contributed by atoms with van der Waals surface area (Å²) < 4.78 is 63.4. The van der Waals surface area contributed by atoms with Crippen molar-refractivity contribution in [3.8, 4) is 0 Å². The van der Waals surface area contributed by atoms with Gasteiger partial charge in [0, 0.05) is 25.2 Å². The summed E-state index contributed by atoms with van der Waals surface area (Å²) in [5, 5.41) is -0.107. The summed E-state index contributed by atoms with van der Waals surface area (Å²) in [6.07, 6.45) is -7.20. The highest BCUT2D eigenvalue weighted by Gasteiger charge is 2.64. The first-order valence-electron chi connectivity index (χ1n) is 10.6. The Hall–Kier alpha value is -1.91. The number of carbonyl (C=O) groups excluding carboxylic acids is 2. The first-order chi connectivity index (χ1) is 15.0. The van der Waals surface area contributed by atoms with Crippen molar-refractivity contribution in [2.45, 2.75) is 82.7 Å². The lowest BCUT2D eigenvalue weighted by atomic mass is 9.92. The van der Waals surface area contributed by atoms with E-state index in [1.165, 1.54) is 18.2 Å². The molecule has 188 valence electrons. The molecule has 0 radical (unpaired) electrons. The third-order valence-electron chi connectivity index (χ3n) is 5.97. The summed E-state index contributed by atoms with van der Waals surface area (Å²) in [5.41, 5.74) is -3.76. The van der Waals surface area contributed by atoms with Gasteiger partial charge in [0.2, 0.25) is 0 Å². The van der Waals surface area contributed by atoms with Crippen LogP contribution in [0.25, 0.3) is 0 Å². The van der Waals surface area contributed by atoms with E-state index in [-0.39, 0.29) is 11.5 Å². The zero-order chi connectivity index (χ0) is 25.7. The zero-order valence-electron chi connectivity index (χ0n) is 20.5. The van der Waals surface area contributed by atoms with Crippen molar-refractivity contribution in [1.29, 1.82) is 0 Å². The molecule has 0 aliphatic carbocycles. The Labute approximate surface area is 194 Å². The highest BCUT2D eigenvalue weighted by atomic mass is 28.4. The molecule has 1 rings (SSSR count). The second-order valence-corrected chi connectivity index (χ2v) is 14.2. The maximum Gasteiger partial charge on any atom is 0.432 e. The number of hydrogen-bond acceptors (Lipinski definition) is 6. The van der Waals surface area contributed by atoms with E-state index in [1.54, 1.807) is 6.92 Å². The van der Waals surface area contributed by atoms with Crippen LogP contribution in [0.4, 0.5) is 13.2 Å². The quantitative estimate of drug-likeness (QED) is 0.323. The van der Waals surface area contributed by atoms with E-state index in [1.807, 2.05) is 33.9 Å². The molecule has 1 aromatic carbocycles. The molecule has 0 heterocycles. The maximum atomic E-state index is 14.2. The molecule has 0 amide bonds. The Morgan fingerprint density at radius 1 is 1.03 bits per heavy atom. The van der Waals surface area contributed by atoms with E-state index in [0.29, 0.717) is 0 Å². The van der Waals surface area contributed by atoms with Gasteiger partial charge in [0.25, 0.3) is 5.60 Å². The van der Waals surface area contributed by atoms with Gasteiger partial charge in [-0.3, -0.25) is 4.79 Å². The number of methoxy groups -OCH3 is 2. The van der Waals surface area contributed by atoms with Gasteiger partial charge < -0.3 is 18.6 Å². The first kappa shape index (κ1) is 29.1. The molecule has 0 saturated carbocycles. The third kappa shape index (κ3) is 7.03. The van der Waals surface area contributed by atoms with Crippen molar-refractivity contribution in [3.63, 3.8) is 0 Å². The van der Waals surface area contributed by atoms with Gasteiger partial charge >= 0.3 is 18.1 Å². The lowest BCUT2D eigenvalue weighted by Crippen LogP contribution is -2.53. The van der Waals surface area contributed by atoms with Crippen LogP contribution in [0.1, 0.15) is 46.1 Å². The number of ether oxygens (including phenoxy) is 3. The van der Waals surface area contributed by atoms with Crippen LogP contribution in [-0.2, 0) is 33.8 Å². The standard InChI is InChI=1S/C23H35F3O6Si/c1-16(32-33(7,8)21(2,3)4)14-18(15-19(27)29-5)31-20(28)22(30-6,23(24,25)26)17-12-10-9-11-13-17/h9-13,16,18H,14-15H2,1-8H3/t16-,18-,22+/m0/s1. The van der Waals surface area contributed by atoms with Crippen molar-refractivity contribution < 1.29 is 41.4 Å². The second kappa shape index (κ2) is 11.0. The summed E-state index contributed by atoms with van der Waals surface area (Å²) in [7, 11) is -0.270. The minimum Gasteiger partial charge on any atom is -0.469 e. The molecular weight excluding hydrogens is 457 g/mol. The van der Waals surface area contributed by atoms with E-state index in [9.17, 15) is 22.8 Å². The molecule has 33 heavy (non-hydrogen) atoms. The third-order valence-corrected chi connectivity index (χ3v) is 10.6. The van der Waals surface area contributed by atoms with Gasteiger partial charge in [-0.05, 0) is 25.1 Å². The summed E-state index contributed by atoms with van der Waals surface area (Å²) in [5.74, 6) is -2.38. The first-order valence-corrected chi connectivity index (χ1v) is 13.6. The van der Waals surface area contributed by atoms with Crippen LogP contribution in [0, 0.1) is 0 Å². The van der Waals surface area contributed by atoms with Gasteiger partial charge in [0.1, 0.15) is 6.10 Å². The van der Waals surface area contributed by atoms with Gasteiger partial charge in [-0.1, -0.05) is 51.1 Å². The average Bonchev–Trinajstić information content (AvgIpc) is 2.67. The highest BCUT2D eigenvalue weighted by molar-refractivity contribution is 6.74. The van der Waals surface area contributed by atoms with Crippen LogP contribution in [0.15, 0.2) is 30.3 Å². The molecule has 0 bridgehead atoms. The number of rotatable bonds is 10. The van der Waals surface area contributed by atoms with Crippen molar-refractivity contribution in [2.75, 3.05) is 14.2 Å². The molecule has 0 aromatic heterocycles. The van der Waals surface area contributed by atoms with E-state index in [0.717, 1.165) is 26.4 Å². The summed E-state index contributed by atoms with van der Waals surface area (Å²) in [6.45, 7) is 11.9. The number of benzene rings is 1. The van der Waals surface area contributed by atoms with Crippen LogP contribution in [0.2, 0.25) is 18.1 Å². The van der Waals surface area contributed by atoms with Crippen molar-refractivity contribution >= 4 is 20.3 Å². The molecule has 3 atom stereocenters. The maximum absolute atomic E-state index is 14.2. The van der Waals surface area contributed by atoms with Crippen molar-refractivity contribution in [2.24, 2.45) is 0 Å². The fourth-order valence-corrected chi connectivity index (χ4v) is 4.62. The fraction of sp³-hybridized carbons (Fsp3) is 0.652. The van der Waals surface area contributed by atoms with Crippen LogP contribution in [0.5, 0.6) is 0 Å². The number of hydrogen-bond donors (Lipinski definition) is 0. The number of alkyl halides is 3. The highest BCUT2D eigenvalue weighted by Crippen LogP contribution is 2.43. The van der Waals surface area contributed by atoms with Gasteiger partial charge in [0.15, 0.2) is 8.32 Å². The van der Waals surface area contributed by atoms with Crippen molar-refractivity contribution in [3.05, 3.63) is 35.9 Å². The minimum absolute atomic E-state index is 0.0137. The van der Waals surface area contributed by atoms with Gasteiger partial charge in [-0.25, -0.2) is 4.79 Å². The summed E-state index contributed by atoms with van der Waals surface area (Å²) >= 11 is 0. The van der Waals surface area contributed by atoms with E-state index in [2.05, 4.69) is 4.74 Å².